The van der Waals surface area contributed by atoms with Gasteiger partial charge in [0.1, 0.15) is 12.1 Å². The highest BCUT2D eigenvalue weighted by Crippen LogP contribution is 2.26. The largest absolute Gasteiger partial charge is 0.373 e. The van der Waals surface area contributed by atoms with Gasteiger partial charge in [0.15, 0.2) is 0 Å². The van der Waals surface area contributed by atoms with Crippen molar-refractivity contribution >= 4 is 21.7 Å². The molecule has 1 aromatic carbocycles. The van der Waals surface area contributed by atoms with Crippen LogP contribution < -0.4 is 5.32 Å². The van der Waals surface area contributed by atoms with Crippen molar-refractivity contribution in [3.63, 3.8) is 0 Å². The van der Waals surface area contributed by atoms with E-state index in [0.717, 1.165) is 30.5 Å². The van der Waals surface area contributed by atoms with Gasteiger partial charge in [-0.1, -0.05) is 0 Å². The van der Waals surface area contributed by atoms with Crippen molar-refractivity contribution in [1.29, 1.82) is 0 Å². The first-order chi connectivity index (χ1) is 13.8. The smallest absolute Gasteiger partial charge is 0.256 e. The van der Waals surface area contributed by atoms with Crippen LogP contribution in [0.1, 0.15) is 41.9 Å². The van der Waals surface area contributed by atoms with Gasteiger partial charge in [-0.05, 0) is 57.4 Å². The van der Waals surface area contributed by atoms with Gasteiger partial charge in [-0.15, -0.1) is 0 Å². The van der Waals surface area contributed by atoms with Crippen molar-refractivity contribution in [2.75, 3.05) is 18.4 Å². The van der Waals surface area contributed by atoms with E-state index in [1.54, 1.807) is 0 Å². The number of aryl methyl sites for hydroxylation is 1. The van der Waals surface area contributed by atoms with Crippen LogP contribution in [-0.2, 0) is 27.6 Å². The molecule has 1 saturated heterocycles. The second-order valence-corrected chi connectivity index (χ2v) is 9.50. The Hall–Kier alpha value is -2.36. The minimum absolute atomic E-state index is 0.159. The molecule has 4 rings (SSSR count). The lowest BCUT2D eigenvalue weighted by molar-refractivity contribution is -0.0440. The Morgan fingerprint density at radius 1 is 1.10 bits per heavy atom. The van der Waals surface area contributed by atoms with E-state index in [-0.39, 0.29) is 23.0 Å². The van der Waals surface area contributed by atoms with E-state index in [9.17, 15) is 13.2 Å². The predicted octanol–water partition coefficient (Wildman–Crippen LogP) is 2.02. The number of ether oxygens (including phenoxy) is 1. The molecule has 154 valence electrons. The predicted molar refractivity (Wildman–Crippen MR) is 107 cm³/mol. The highest BCUT2D eigenvalue weighted by atomic mass is 32.2. The number of carbonyl (C=O) groups excluding carboxylic acids is 1. The molecule has 0 saturated carbocycles. The summed E-state index contributed by atoms with van der Waals surface area (Å²) in [6, 6.07) is 5.99. The summed E-state index contributed by atoms with van der Waals surface area (Å²) in [4.78, 5) is 21.2. The Morgan fingerprint density at radius 2 is 1.79 bits per heavy atom. The highest BCUT2D eigenvalue weighted by molar-refractivity contribution is 7.89. The van der Waals surface area contributed by atoms with Crippen LogP contribution >= 0.6 is 0 Å². The van der Waals surface area contributed by atoms with Gasteiger partial charge in [0, 0.05) is 29.9 Å². The summed E-state index contributed by atoms with van der Waals surface area (Å²) in [6.07, 6.45) is 3.88. The number of hydrogen-bond acceptors (Lipinski definition) is 6. The molecule has 9 heteroatoms. The third-order valence-electron chi connectivity index (χ3n) is 5.25. The van der Waals surface area contributed by atoms with Crippen molar-refractivity contribution in [3.05, 3.63) is 47.4 Å². The number of hydrogen-bond donors (Lipinski definition) is 1. The molecular weight excluding hydrogens is 392 g/mol. The first-order valence-electron chi connectivity index (χ1n) is 9.74. The normalized spacial score (nSPS) is 22.3. The number of sulfonamides is 1. The SMILES string of the molecule is CC1CN(S(=O)(=O)c2ccc(C(=O)Nc3ncnc4c3CCC4)cc2)CC(C)O1. The standard InChI is InChI=1S/C20H24N4O4S/c1-13-10-24(11-14(2)28-13)29(26,27)16-8-6-15(7-9-16)20(25)23-19-17-4-3-5-18(17)21-12-22-19/h6-9,12-14H,3-5,10-11H2,1-2H3,(H,21,22,23,25). The van der Waals surface area contributed by atoms with Crippen molar-refractivity contribution in [1.82, 2.24) is 14.3 Å². The fraction of sp³-hybridized carbons (Fsp3) is 0.450. The molecule has 1 aliphatic carbocycles. The van der Waals surface area contributed by atoms with Crippen molar-refractivity contribution < 1.29 is 17.9 Å². The van der Waals surface area contributed by atoms with E-state index in [1.165, 1.54) is 34.9 Å². The molecule has 2 unspecified atom stereocenters. The number of nitrogens with one attached hydrogen (secondary N) is 1. The zero-order chi connectivity index (χ0) is 20.6. The molecule has 0 radical (unpaired) electrons. The quantitative estimate of drug-likeness (QED) is 0.818. The first-order valence-corrected chi connectivity index (χ1v) is 11.2. The molecule has 1 aliphatic heterocycles. The van der Waals surface area contributed by atoms with Gasteiger partial charge in [0.25, 0.3) is 5.91 Å². The Kier molecular flexibility index (Phi) is 5.37. The van der Waals surface area contributed by atoms with Crippen molar-refractivity contribution in [2.45, 2.75) is 50.2 Å². The lowest BCUT2D eigenvalue weighted by Crippen LogP contribution is -2.48. The second-order valence-electron chi connectivity index (χ2n) is 7.56. The number of amides is 1. The van der Waals surface area contributed by atoms with Crippen molar-refractivity contribution in [2.24, 2.45) is 0 Å². The molecule has 2 aromatic rings. The van der Waals surface area contributed by atoms with Crippen LogP contribution in [0.4, 0.5) is 5.82 Å². The molecule has 8 nitrogen and oxygen atoms in total. The first kappa shape index (κ1) is 19.9. The molecule has 1 N–H and O–H groups in total. The monoisotopic (exact) mass is 416 g/mol. The Morgan fingerprint density at radius 3 is 2.48 bits per heavy atom. The van der Waals surface area contributed by atoms with Gasteiger partial charge >= 0.3 is 0 Å². The fourth-order valence-corrected chi connectivity index (χ4v) is 5.49. The zero-order valence-corrected chi connectivity index (χ0v) is 17.3. The van der Waals surface area contributed by atoms with Crippen LogP contribution in [0.15, 0.2) is 35.5 Å². The molecule has 2 heterocycles. The maximum Gasteiger partial charge on any atom is 0.256 e. The summed E-state index contributed by atoms with van der Waals surface area (Å²) in [5.41, 5.74) is 2.33. The van der Waals surface area contributed by atoms with Gasteiger partial charge in [0.05, 0.1) is 17.1 Å². The van der Waals surface area contributed by atoms with Gasteiger partial charge in [-0.2, -0.15) is 4.31 Å². The number of rotatable bonds is 4. The summed E-state index contributed by atoms with van der Waals surface area (Å²) in [5, 5.41) is 2.83. The Balaban J connectivity index is 1.50. The van der Waals surface area contributed by atoms with Crippen LogP contribution in [0, 0.1) is 0 Å². The molecule has 2 atom stereocenters. The van der Waals surface area contributed by atoms with E-state index in [0.29, 0.717) is 24.5 Å². The summed E-state index contributed by atoms with van der Waals surface area (Å²) in [5.74, 6) is 0.209. The van der Waals surface area contributed by atoms with E-state index in [4.69, 9.17) is 4.74 Å². The van der Waals surface area contributed by atoms with Crippen LogP contribution in [0.25, 0.3) is 0 Å². The lowest BCUT2D eigenvalue weighted by Gasteiger charge is -2.34. The maximum absolute atomic E-state index is 12.9. The minimum Gasteiger partial charge on any atom is -0.373 e. The van der Waals surface area contributed by atoms with Gasteiger partial charge in [-0.25, -0.2) is 18.4 Å². The average molecular weight is 417 g/mol. The molecule has 29 heavy (non-hydrogen) atoms. The molecule has 2 aliphatic rings. The average Bonchev–Trinajstić information content (AvgIpc) is 3.17. The highest BCUT2D eigenvalue weighted by Gasteiger charge is 2.32. The Bertz CT molecular complexity index is 1010. The van der Waals surface area contributed by atoms with Crippen LogP contribution in [0.5, 0.6) is 0 Å². The Labute approximate surface area is 170 Å². The summed E-state index contributed by atoms with van der Waals surface area (Å²) in [6.45, 7) is 4.34. The van der Waals surface area contributed by atoms with Gasteiger partial charge in [0.2, 0.25) is 10.0 Å². The number of nitrogens with zero attached hydrogens (tertiary/aromatic N) is 3. The van der Waals surface area contributed by atoms with E-state index in [2.05, 4.69) is 15.3 Å². The molecule has 1 fully saturated rings. The van der Waals surface area contributed by atoms with Gasteiger partial charge in [-0.3, -0.25) is 4.79 Å². The lowest BCUT2D eigenvalue weighted by atomic mass is 10.2. The second kappa shape index (κ2) is 7.81. The summed E-state index contributed by atoms with van der Waals surface area (Å²) in [7, 11) is -3.64. The molecule has 1 aromatic heterocycles. The topological polar surface area (TPSA) is 101 Å². The van der Waals surface area contributed by atoms with Crippen LogP contribution in [-0.4, -0.2) is 53.9 Å². The number of anilines is 1. The summed E-state index contributed by atoms with van der Waals surface area (Å²) >= 11 is 0. The number of carbonyl (C=O) groups is 1. The number of fused-ring (bicyclic) bond motifs is 1. The summed E-state index contributed by atoms with van der Waals surface area (Å²) < 4.78 is 32.9. The maximum atomic E-state index is 12.9. The third kappa shape index (κ3) is 4.03. The van der Waals surface area contributed by atoms with E-state index in [1.807, 2.05) is 13.8 Å². The molecule has 0 bridgehead atoms. The number of morpholine rings is 1. The van der Waals surface area contributed by atoms with Gasteiger partial charge < -0.3 is 10.1 Å². The minimum atomic E-state index is -3.64. The van der Waals surface area contributed by atoms with E-state index >= 15 is 0 Å². The molecular formula is C20H24N4O4S. The molecule has 1 amide bonds. The van der Waals surface area contributed by atoms with Crippen molar-refractivity contribution in [3.8, 4) is 0 Å². The fourth-order valence-electron chi connectivity index (χ4n) is 3.90. The van der Waals surface area contributed by atoms with E-state index < -0.39 is 10.0 Å². The number of benzene rings is 1. The van der Waals surface area contributed by atoms with Crippen LogP contribution in [0.3, 0.4) is 0 Å². The molecule has 0 spiro atoms. The zero-order valence-electron chi connectivity index (χ0n) is 16.5. The third-order valence-corrected chi connectivity index (χ3v) is 7.09. The number of aromatic nitrogens is 2. The van der Waals surface area contributed by atoms with Crippen LogP contribution in [0.2, 0.25) is 0 Å².